The Balaban J connectivity index is 2.30. The van der Waals surface area contributed by atoms with Crippen molar-refractivity contribution >= 4 is 15.9 Å². The van der Waals surface area contributed by atoms with Gasteiger partial charge in [-0.2, -0.15) is 0 Å². The van der Waals surface area contributed by atoms with Gasteiger partial charge in [0.2, 0.25) is 0 Å². The minimum atomic E-state index is 0.819. The van der Waals surface area contributed by atoms with Crippen LogP contribution in [0, 0.1) is 5.92 Å². The van der Waals surface area contributed by atoms with Gasteiger partial charge in [0.25, 0.3) is 0 Å². The van der Waals surface area contributed by atoms with Crippen LogP contribution >= 0.6 is 15.9 Å². The highest BCUT2D eigenvalue weighted by molar-refractivity contribution is 9.09. The van der Waals surface area contributed by atoms with E-state index in [4.69, 9.17) is 0 Å². The second-order valence-corrected chi connectivity index (χ2v) is 4.69. The molecule has 0 aromatic heterocycles. The maximum atomic E-state index is 3.72. The van der Waals surface area contributed by atoms with Gasteiger partial charge in [0.15, 0.2) is 0 Å². The Morgan fingerprint density at radius 3 is 2.70 bits per heavy atom. The molecule has 0 radical (unpaired) electrons. The summed E-state index contributed by atoms with van der Waals surface area (Å²) in [6, 6.07) is 0. The molecule has 1 fully saturated rings. The Kier molecular flexibility index (Phi) is 3.75. The third kappa shape index (κ3) is 2.61. The molecule has 0 aromatic rings. The first-order valence-corrected chi connectivity index (χ1v) is 5.38. The molecule has 1 aliphatic rings. The van der Waals surface area contributed by atoms with Crippen molar-refractivity contribution in [2.24, 2.45) is 5.92 Å². The molecule has 0 bridgehead atoms. The number of hydrogen-bond donors (Lipinski definition) is 0. The van der Waals surface area contributed by atoms with E-state index in [2.05, 4.69) is 22.9 Å². The van der Waals surface area contributed by atoms with Crippen LogP contribution in [-0.4, -0.2) is 4.83 Å². The molecule has 0 saturated heterocycles. The van der Waals surface area contributed by atoms with Gasteiger partial charge in [-0.3, -0.25) is 0 Å². The largest absolute Gasteiger partial charge is 0.0891 e. The van der Waals surface area contributed by atoms with Crippen LogP contribution in [0.15, 0.2) is 0 Å². The predicted octanol–water partition coefficient (Wildman–Crippen LogP) is 3.74. The zero-order valence-electron chi connectivity index (χ0n) is 6.78. The average Bonchev–Trinajstić information content (AvgIpc) is 2.13. The molecule has 1 aliphatic carbocycles. The van der Waals surface area contributed by atoms with Crippen molar-refractivity contribution in [2.45, 2.75) is 50.3 Å². The van der Waals surface area contributed by atoms with Gasteiger partial charge in [-0.05, 0) is 18.8 Å². The average molecular weight is 205 g/mol. The summed E-state index contributed by atoms with van der Waals surface area (Å²) >= 11 is 3.72. The summed E-state index contributed by atoms with van der Waals surface area (Å²) in [4.78, 5) is 0.819. The van der Waals surface area contributed by atoms with E-state index in [9.17, 15) is 0 Å². The highest BCUT2D eigenvalue weighted by atomic mass is 79.9. The van der Waals surface area contributed by atoms with Gasteiger partial charge in [0, 0.05) is 4.83 Å². The fraction of sp³-hybridized carbons (Fsp3) is 1.00. The first kappa shape index (κ1) is 8.58. The van der Waals surface area contributed by atoms with Crippen LogP contribution in [0.25, 0.3) is 0 Å². The van der Waals surface area contributed by atoms with Gasteiger partial charge in [-0.25, -0.2) is 0 Å². The van der Waals surface area contributed by atoms with Crippen LogP contribution in [-0.2, 0) is 0 Å². The summed E-state index contributed by atoms with van der Waals surface area (Å²) in [5, 5.41) is 0. The van der Waals surface area contributed by atoms with E-state index in [1.807, 2.05) is 0 Å². The molecule has 2 atom stereocenters. The summed E-state index contributed by atoms with van der Waals surface area (Å²) in [6.45, 7) is 2.32. The Bertz CT molecular complexity index is 90.7. The molecular weight excluding hydrogens is 188 g/mol. The summed E-state index contributed by atoms with van der Waals surface area (Å²) in [7, 11) is 0. The number of halogens is 1. The van der Waals surface area contributed by atoms with E-state index in [0.717, 1.165) is 10.7 Å². The zero-order valence-corrected chi connectivity index (χ0v) is 8.36. The first-order valence-electron chi connectivity index (χ1n) is 4.47. The molecule has 1 saturated carbocycles. The number of hydrogen-bond acceptors (Lipinski definition) is 0. The lowest BCUT2D eigenvalue weighted by molar-refractivity contribution is 0.452. The molecule has 0 heterocycles. The van der Waals surface area contributed by atoms with Gasteiger partial charge < -0.3 is 0 Å². The Morgan fingerprint density at radius 2 is 2.00 bits per heavy atom. The van der Waals surface area contributed by atoms with Crippen LogP contribution in [0.4, 0.5) is 0 Å². The van der Waals surface area contributed by atoms with E-state index in [1.165, 1.54) is 38.5 Å². The SMILES string of the molecule is CCC1CCCCC(Br)C1. The second-order valence-electron chi connectivity index (χ2n) is 3.39. The topological polar surface area (TPSA) is 0 Å². The lowest BCUT2D eigenvalue weighted by atomic mass is 9.98. The van der Waals surface area contributed by atoms with Crippen molar-refractivity contribution in [2.75, 3.05) is 0 Å². The molecule has 10 heavy (non-hydrogen) atoms. The highest BCUT2D eigenvalue weighted by Gasteiger charge is 2.15. The Morgan fingerprint density at radius 1 is 1.30 bits per heavy atom. The monoisotopic (exact) mass is 204 g/mol. The van der Waals surface area contributed by atoms with E-state index in [-0.39, 0.29) is 0 Å². The van der Waals surface area contributed by atoms with Crippen LogP contribution in [0.5, 0.6) is 0 Å². The molecule has 0 aromatic carbocycles. The van der Waals surface area contributed by atoms with E-state index in [0.29, 0.717) is 0 Å². The van der Waals surface area contributed by atoms with Crippen LogP contribution in [0.3, 0.4) is 0 Å². The lowest BCUT2D eigenvalue weighted by Crippen LogP contribution is -2.03. The molecule has 0 amide bonds. The fourth-order valence-corrected chi connectivity index (χ4v) is 2.62. The quantitative estimate of drug-likeness (QED) is 0.451. The predicted molar refractivity (Wildman–Crippen MR) is 49.6 cm³/mol. The maximum Gasteiger partial charge on any atom is 0.0148 e. The standard InChI is InChI=1S/C9H17Br/c1-2-8-5-3-4-6-9(10)7-8/h8-9H,2-7H2,1H3. The third-order valence-electron chi connectivity index (χ3n) is 2.55. The normalized spacial score (nSPS) is 35.4. The van der Waals surface area contributed by atoms with Crippen LogP contribution in [0.1, 0.15) is 45.4 Å². The first-order chi connectivity index (χ1) is 4.83. The van der Waals surface area contributed by atoms with Crippen molar-refractivity contribution in [1.29, 1.82) is 0 Å². The van der Waals surface area contributed by atoms with Gasteiger partial charge in [0.05, 0.1) is 0 Å². The molecule has 0 N–H and O–H groups in total. The van der Waals surface area contributed by atoms with Crippen LogP contribution in [0.2, 0.25) is 0 Å². The Hall–Kier alpha value is 0.480. The van der Waals surface area contributed by atoms with Gasteiger partial charge in [-0.15, -0.1) is 0 Å². The summed E-state index contributed by atoms with van der Waals surface area (Å²) in [6.07, 6.45) is 8.56. The molecule has 1 heteroatoms. The molecule has 60 valence electrons. The Labute approximate surface area is 72.5 Å². The zero-order chi connectivity index (χ0) is 7.40. The third-order valence-corrected chi connectivity index (χ3v) is 3.38. The molecule has 1 rings (SSSR count). The second kappa shape index (κ2) is 4.38. The number of alkyl halides is 1. The lowest BCUT2D eigenvalue weighted by Gasteiger charge is -2.12. The maximum absolute atomic E-state index is 3.72. The van der Waals surface area contributed by atoms with Crippen LogP contribution < -0.4 is 0 Å². The minimum Gasteiger partial charge on any atom is -0.0891 e. The summed E-state index contributed by atoms with van der Waals surface area (Å²) in [5.41, 5.74) is 0. The molecule has 2 unspecified atom stereocenters. The van der Waals surface area contributed by atoms with Gasteiger partial charge >= 0.3 is 0 Å². The molecule has 0 nitrogen and oxygen atoms in total. The van der Waals surface area contributed by atoms with Gasteiger partial charge in [-0.1, -0.05) is 48.5 Å². The number of rotatable bonds is 1. The minimum absolute atomic E-state index is 0.819. The van der Waals surface area contributed by atoms with E-state index < -0.39 is 0 Å². The fourth-order valence-electron chi connectivity index (χ4n) is 1.77. The molecule has 0 aliphatic heterocycles. The van der Waals surface area contributed by atoms with Crippen molar-refractivity contribution in [3.05, 3.63) is 0 Å². The summed E-state index contributed by atoms with van der Waals surface area (Å²) < 4.78 is 0. The van der Waals surface area contributed by atoms with Crippen molar-refractivity contribution in [3.63, 3.8) is 0 Å². The van der Waals surface area contributed by atoms with Crippen molar-refractivity contribution in [1.82, 2.24) is 0 Å². The summed E-state index contributed by atoms with van der Waals surface area (Å²) in [5.74, 6) is 1.01. The molecular formula is C9H17Br. The highest BCUT2D eigenvalue weighted by Crippen LogP contribution is 2.29. The van der Waals surface area contributed by atoms with Crippen molar-refractivity contribution < 1.29 is 0 Å². The van der Waals surface area contributed by atoms with Gasteiger partial charge in [0.1, 0.15) is 0 Å². The smallest absolute Gasteiger partial charge is 0.0148 e. The molecule has 0 spiro atoms. The van der Waals surface area contributed by atoms with E-state index >= 15 is 0 Å². The van der Waals surface area contributed by atoms with E-state index in [1.54, 1.807) is 0 Å². The van der Waals surface area contributed by atoms with Crippen molar-refractivity contribution in [3.8, 4) is 0 Å².